The number of carbonyl (C=O) groups is 2. The number of para-hydroxylation sites is 2. The predicted molar refractivity (Wildman–Crippen MR) is 181 cm³/mol. The topological polar surface area (TPSA) is 93.9 Å². The second-order valence-electron chi connectivity index (χ2n) is 12.3. The quantitative estimate of drug-likeness (QED) is 0.177. The van der Waals surface area contributed by atoms with E-state index in [9.17, 15) is 14.7 Å². The molecule has 6 aromatic rings. The number of aliphatic hydroxyl groups excluding tert-OH is 1. The van der Waals surface area contributed by atoms with Gasteiger partial charge in [-0.15, -0.1) is 0 Å². The van der Waals surface area contributed by atoms with Crippen LogP contribution in [0.5, 0.6) is 0 Å². The first kappa shape index (κ1) is 30.0. The second-order valence-corrected chi connectivity index (χ2v) is 12.3. The molecular weight excluding hydrogens is 602 g/mol. The van der Waals surface area contributed by atoms with Crippen LogP contribution in [0.3, 0.4) is 0 Å². The molecule has 0 unspecified atom stereocenters. The molecule has 1 aromatic heterocycles. The number of imide groups is 1. The number of benzene rings is 5. The molecule has 1 N–H and O–H groups in total. The van der Waals surface area contributed by atoms with Gasteiger partial charge in [0.1, 0.15) is 0 Å². The van der Waals surface area contributed by atoms with Crippen molar-refractivity contribution in [1.82, 2.24) is 14.5 Å². The van der Waals surface area contributed by atoms with Gasteiger partial charge in [0.2, 0.25) is 0 Å². The van der Waals surface area contributed by atoms with E-state index in [0.29, 0.717) is 24.1 Å². The standard InChI is InChI=1S/C40H33N3O5/c44-24-26-12-14-29(15-13-26)37-21-32(23-42-25-41-35-10-3-4-11-36(35)42)47-40(48-37)30-18-16-28(17-19-30)31-7-5-6-27(20-31)22-43-38(45)33-8-1-2-9-34(33)39(43)46/h1-20,25,32,37,40,44H,21-24H2/t32-,37+,40+/m0/s1. The van der Waals surface area contributed by atoms with Crippen LogP contribution in [0.25, 0.3) is 22.2 Å². The van der Waals surface area contributed by atoms with Gasteiger partial charge in [-0.05, 0) is 58.1 Å². The van der Waals surface area contributed by atoms with E-state index in [2.05, 4.69) is 15.6 Å². The van der Waals surface area contributed by atoms with Crippen LogP contribution in [0.4, 0.5) is 0 Å². The highest BCUT2D eigenvalue weighted by Crippen LogP contribution is 2.39. The van der Waals surface area contributed by atoms with Crippen molar-refractivity contribution < 1.29 is 24.2 Å². The van der Waals surface area contributed by atoms with Gasteiger partial charge in [-0.1, -0.05) is 91.0 Å². The molecule has 1 saturated heterocycles. The number of ether oxygens (including phenoxy) is 2. The smallest absolute Gasteiger partial charge is 0.261 e. The third-order valence-corrected chi connectivity index (χ3v) is 9.20. The van der Waals surface area contributed by atoms with Crippen LogP contribution in [0.2, 0.25) is 0 Å². The van der Waals surface area contributed by atoms with E-state index in [1.165, 1.54) is 4.90 Å². The molecule has 0 radical (unpaired) electrons. The van der Waals surface area contributed by atoms with E-state index in [0.717, 1.165) is 44.4 Å². The number of hydrogen-bond donors (Lipinski definition) is 1. The number of fused-ring (bicyclic) bond motifs is 2. The van der Waals surface area contributed by atoms with E-state index in [1.54, 1.807) is 24.3 Å². The van der Waals surface area contributed by atoms with Crippen LogP contribution in [0.1, 0.15) is 61.8 Å². The zero-order valence-electron chi connectivity index (χ0n) is 26.1. The van der Waals surface area contributed by atoms with Crippen molar-refractivity contribution in [2.45, 2.75) is 44.6 Å². The maximum Gasteiger partial charge on any atom is 0.261 e. The Hall–Kier alpha value is -5.41. The number of aliphatic hydroxyl groups is 1. The second kappa shape index (κ2) is 12.7. The zero-order valence-corrected chi connectivity index (χ0v) is 26.1. The average Bonchev–Trinajstić information content (AvgIpc) is 3.65. The Morgan fingerprint density at radius 1 is 0.708 bits per heavy atom. The molecule has 2 aliphatic heterocycles. The van der Waals surface area contributed by atoms with E-state index >= 15 is 0 Å². The fourth-order valence-corrected chi connectivity index (χ4v) is 6.66. The Bertz CT molecular complexity index is 2090. The molecule has 0 spiro atoms. The van der Waals surface area contributed by atoms with Crippen molar-refractivity contribution in [2.24, 2.45) is 0 Å². The maximum absolute atomic E-state index is 12.9. The molecule has 2 amide bonds. The molecule has 8 rings (SSSR count). The largest absolute Gasteiger partial charge is 0.392 e. The Labute approximate surface area is 277 Å². The summed E-state index contributed by atoms with van der Waals surface area (Å²) in [6.45, 7) is 0.825. The zero-order chi connectivity index (χ0) is 32.6. The first-order chi connectivity index (χ1) is 23.5. The summed E-state index contributed by atoms with van der Waals surface area (Å²) in [5, 5.41) is 9.55. The molecule has 238 valence electrons. The Morgan fingerprint density at radius 2 is 1.42 bits per heavy atom. The average molecular weight is 636 g/mol. The maximum atomic E-state index is 12.9. The highest BCUT2D eigenvalue weighted by molar-refractivity contribution is 6.21. The Kier molecular flexibility index (Phi) is 7.90. The minimum Gasteiger partial charge on any atom is -0.392 e. The first-order valence-electron chi connectivity index (χ1n) is 16.1. The van der Waals surface area contributed by atoms with Gasteiger partial charge in [0.25, 0.3) is 11.8 Å². The fourth-order valence-electron chi connectivity index (χ4n) is 6.66. The molecular formula is C40H33N3O5. The molecule has 0 saturated carbocycles. The molecule has 0 aliphatic carbocycles. The van der Waals surface area contributed by atoms with Gasteiger partial charge in [-0.25, -0.2) is 4.98 Å². The lowest BCUT2D eigenvalue weighted by Crippen LogP contribution is -2.32. The van der Waals surface area contributed by atoms with Gasteiger partial charge >= 0.3 is 0 Å². The summed E-state index contributed by atoms with van der Waals surface area (Å²) in [7, 11) is 0. The van der Waals surface area contributed by atoms with E-state index in [4.69, 9.17) is 9.47 Å². The highest BCUT2D eigenvalue weighted by Gasteiger charge is 2.35. The minimum atomic E-state index is -0.588. The normalized spacial score (nSPS) is 19.2. The van der Waals surface area contributed by atoms with Crippen LogP contribution in [-0.4, -0.2) is 37.5 Å². The van der Waals surface area contributed by atoms with Crippen molar-refractivity contribution in [2.75, 3.05) is 0 Å². The van der Waals surface area contributed by atoms with E-state index in [-0.39, 0.29) is 37.2 Å². The van der Waals surface area contributed by atoms with Gasteiger partial charge in [0.05, 0.1) is 60.4 Å². The molecule has 2 aliphatic rings. The van der Waals surface area contributed by atoms with Gasteiger partial charge in [-0.3, -0.25) is 14.5 Å². The summed E-state index contributed by atoms with van der Waals surface area (Å²) in [4.78, 5) is 31.7. The molecule has 48 heavy (non-hydrogen) atoms. The van der Waals surface area contributed by atoms with Crippen molar-refractivity contribution in [3.05, 3.63) is 161 Å². The van der Waals surface area contributed by atoms with Crippen molar-refractivity contribution in [3.63, 3.8) is 0 Å². The third-order valence-electron chi connectivity index (χ3n) is 9.20. The van der Waals surface area contributed by atoms with Crippen LogP contribution in [0.15, 0.2) is 128 Å². The SMILES string of the molecule is O=C1c2ccccc2C(=O)N1Cc1cccc(-c2ccc([C@@H]3O[C@H](Cn4cnc5ccccc54)C[C@H](c4ccc(CO)cc4)O3)cc2)c1. The number of amides is 2. The van der Waals surface area contributed by atoms with Crippen molar-refractivity contribution in [1.29, 1.82) is 0 Å². The van der Waals surface area contributed by atoms with Gasteiger partial charge in [0.15, 0.2) is 6.29 Å². The monoisotopic (exact) mass is 635 g/mol. The Morgan fingerprint density at radius 3 is 2.17 bits per heavy atom. The number of aromatic nitrogens is 2. The van der Waals surface area contributed by atoms with Gasteiger partial charge < -0.3 is 19.1 Å². The van der Waals surface area contributed by atoms with Crippen LogP contribution in [0, 0.1) is 0 Å². The third kappa shape index (κ3) is 5.71. The lowest BCUT2D eigenvalue weighted by molar-refractivity contribution is -0.252. The van der Waals surface area contributed by atoms with Crippen LogP contribution >= 0.6 is 0 Å². The lowest BCUT2D eigenvalue weighted by atomic mass is 9.99. The number of rotatable bonds is 8. The molecule has 8 heteroatoms. The Balaban J connectivity index is 1.02. The summed E-state index contributed by atoms with van der Waals surface area (Å²) in [6.07, 6.45) is 1.60. The minimum absolute atomic E-state index is 0.00804. The van der Waals surface area contributed by atoms with Crippen LogP contribution in [-0.2, 0) is 29.2 Å². The molecule has 1 fully saturated rings. The number of imidazole rings is 1. The number of nitrogens with zero attached hydrogens (tertiary/aromatic N) is 3. The molecule has 8 nitrogen and oxygen atoms in total. The molecule has 3 heterocycles. The predicted octanol–water partition coefficient (Wildman–Crippen LogP) is 7.24. The summed E-state index contributed by atoms with van der Waals surface area (Å²) >= 11 is 0. The summed E-state index contributed by atoms with van der Waals surface area (Å²) < 4.78 is 15.3. The van der Waals surface area contributed by atoms with Crippen molar-refractivity contribution in [3.8, 4) is 11.1 Å². The highest BCUT2D eigenvalue weighted by atomic mass is 16.7. The number of hydrogen-bond acceptors (Lipinski definition) is 6. The first-order valence-corrected chi connectivity index (χ1v) is 16.1. The molecule has 5 aromatic carbocycles. The van der Waals surface area contributed by atoms with E-state index < -0.39 is 6.29 Å². The van der Waals surface area contributed by atoms with Gasteiger partial charge in [0, 0.05) is 12.0 Å². The lowest BCUT2D eigenvalue weighted by Gasteiger charge is -2.36. The fraction of sp³-hybridized carbons (Fsp3) is 0.175. The van der Waals surface area contributed by atoms with Gasteiger partial charge in [-0.2, -0.15) is 0 Å². The summed E-state index contributed by atoms with van der Waals surface area (Å²) in [5.41, 5.74) is 8.54. The summed E-state index contributed by atoms with van der Waals surface area (Å²) in [6, 6.07) is 39.0. The molecule has 0 bridgehead atoms. The summed E-state index contributed by atoms with van der Waals surface area (Å²) in [5.74, 6) is -0.528. The van der Waals surface area contributed by atoms with E-state index in [1.807, 2.05) is 97.3 Å². The van der Waals surface area contributed by atoms with Crippen molar-refractivity contribution >= 4 is 22.8 Å². The van der Waals surface area contributed by atoms with Crippen LogP contribution < -0.4 is 0 Å². The molecule has 3 atom stereocenters. The number of carbonyl (C=O) groups excluding carboxylic acids is 2.